The summed E-state index contributed by atoms with van der Waals surface area (Å²) in [4.78, 5) is 21.0. The quantitative estimate of drug-likeness (QED) is 0.794. The van der Waals surface area contributed by atoms with Gasteiger partial charge in [-0.2, -0.15) is 0 Å². The molecule has 1 saturated heterocycles. The van der Waals surface area contributed by atoms with E-state index in [0.717, 1.165) is 29.0 Å². The van der Waals surface area contributed by atoms with E-state index in [4.69, 9.17) is 16.4 Å². The second-order valence-electron chi connectivity index (χ2n) is 6.18. The van der Waals surface area contributed by atoms with Crippen molar-refractivity contribution in [1.82, 2.24) is 4.90 Å². The lowest BCUT2D eigenvalue weighted by molar-refractivity contribution is -0.143. The van der Waals surface area contributed by atoms with Crippen molar-refractivity contribution in [3.05, 3.63) is 57.0 Å². The van der Waals surface area contributed by atoms with E-state index in [1.54, 1.807) is 17.0 Å². The molecular formula is C18H16ClFN2O2S. The molecule has 1 amide bonds. The second kappa shape index (κ2) is 6.77. The Morgan fingerprint density at radius 1 is 1.36 bits per heavy atom. The molecule has 0 N–H and O–H groups in total. The number of oxime groups is 1. The molecule has 2 aliphatic rings. The van der Waals surface area contributed by atoms with Crippen LogP contribution in [0.5, 0.6) is 0 Å². The number of rotatable bonds is 3. The van der Waals surface area contributed by atoms with Crippen LogP contribution >= 0.6 is 22.9 Å². The third-order valence-electron chi connectivity index (χ3n) is 4.57. The van der Waals surface area contributed by atoms with Crippen LogP contribution in [0.3, 0.4) is 0 Å². The fourth-order valence-electron chi connectivity index (χ4n) is 3.40. The number of hydrogen-bond donors (Lipinski definition) is 0. The number of benzene rings is 1. The smallest absolute Gasteiger partial charge is 0.267 e. The predicted molar refractivity (Wildman–Crippen MR) is 95.4 cm³/mol. The maximum Gasteiger partial charge on any atom is 0.267 e. The minimum atomic E-state index is -0.620. The van der Waals surface area contributed by atoms with Crippen molar-refractivity contribution in [3.63, 3.8) is 0 Å². The molecule has 0 saturated carbocycles. The lowest BCUT2D eigenvalue weighted by Gasteiger charge is -2.26. The Morgan fingerprint density at radius 3 is 3.00 bits per heavy atom. The van der Waals surface area contributed by atoms with Crippen LogP contribution in [0.15, 0.2) is 41.6 Å². The van der Waals surface area contributed by atoms with Gasteiger partial charge in [0.25, 0.3) is 5.91 Å². The molecule has 0 radical (unpaired) electrons. The zero-order chi connectivity index (χ0) is 17.4. The molecule has 0 spiro atoms. The summed E-state index contributed by atoms with van der Waals surface area (Å²) >= 11 is 7.38. The Kier molecular flexibility index (Phi) is 4.48. The normalized spacial score (nSPS) is 22.8. The molecule has 4 nitrogen and oxygen atoms in total. The predicted octanol–water partition coefficient (Wildman–Crippen LogP) is 4.40. The van der Waals surface area contributed by atoms with Gasteiger partial charge in [0.05, 0.1) is 15.3 Å². The van der Waals surface area contributed by atoms with Crippen LogP contribution in [0.1, 0.15) is 35.7 Å². The van der Waals surface area contributed by atoms with Crippen molar-refractivity contribution >= 4 is 34.6 Å². The number of thiophene rings is 1. The molecule has 3 heterocycles. The molecule has 2 aromatic rings. The first-order chi connectivity index (χ1) is 12.1. The number of carbonyl (C=O) groups excluding carboxylic acids is 1. The Balaban J connectivity index is 1.48. The van der Waals surface area contributed by atoms with Crippen molar-refractivity contribution in [1.29, 1.82) is 0 Å². The number of amides is 1. The van der Waals surface area contributed by atoms with Crippen LogP contribution in [-0.2, 0) is 9.63 Å². The van der Waals surface area contributed by atoms with Gasteiger partial charge in [0.15, 0.2) is 0 Å². The van der Waals surface area contributed by atoms with Crippen molar-refractivity contribution in [2.45, 2.75) is 31.4 Å². The van der Waals surface area contributed by atoms with E-state index in [1.165, 1.54) is 23.5 Å². The molecule has 1 fully saturated rings. The molecule has 1 aromatic carbocycles. The summed E-state index contributed by atoms with van der Waals surface area (Å²) in [6.45, 7) is 0.653. The summed E-state index contributed by atoms with van der Waals surface area (Å²) in [5, 5.41) is 4.07. The Bertz CT molecular complexity index is 838. The van der Waals surface area contributed by atoms with Gasteiger partial charge in [-0.3, -0.25) is 4.79 Å². The summed E-state index contributed by atoms with van der Waals surface area (Å²) in [7, 11) is 0. The Hall–Kier alpha value is -1.92. The minimum Gasteiger partial charge on any atom is -0.382 e. The first-order valence-electron chi connectivity index (χ1n) is 8.16. The highest BCUT2D eigenvalue weighted by molar-refractivity contribution is 7.18. The van der Waals surface area contributed by atoms with Gasteiger partial charge in [0, 0.05) is 13.0 Å². The number of nitrogens with zero attached hydrogens (tertiary/aromatic N) is 2. The highest BCUT2D eigenvalue weighted by atomic mass is 35.5. The van der Waals surface area contributed by atoms with Crippen LogP contribution in [0, 0.1) is 5.82 Å². The van der Waals surface area contributed by atoms with Gasteiger partial charge in [-0.1, -0.05) is 28.9 Å². The van der Waals surface area contributed by atoms with Gasteiger partial charge in [0.2, 0.25) is 6.10 Å². The van der Waals surface area contributed by atoms with Crippen LogP contribution in [0.4, 0.5) is 4.39 Å². The maximum absolute atomic E-state index is 13.5. The first-order valence-corrected chi connectivity index (χ1v) is 9.35. The molecular weight excluding hydrogens is 363 g/mol. The Morgan fingerprint density at radius 2 is 2.24 bits per heavy atom. The van der Waals surface area contributed by atoms with Crippen LogP contribution in [-0.4, -0.2) is 29.2 Å². The highest BCUT2D eigenvalue weighted by Crippen LogP contribution is 2.34. The summed E-state index contributed by atoms with van der Waals surface area (Å²) in [6.07, 6.45) is 1.54. The van der Waals surface area contributed by atoms with E-state index in [2.05, 4.69) is 5.16 Å². The van der Waals surface area contributed by atoms with Gasteiger partial charge in [0.1, 0.15) is 11.5 Å². The molecule has 7 heteroatoms. The van der Waals surface area contributed by atoms with Gasteiger partial charge < -0.3 is 9.74 Å². The summed E-state index contributed by atoms with van der Waals surface area (Å²) < 4.78 is 14.2. The average molecular weight is 379 g/mol. The summed E-state index contributed by atoms with van der Waals surface area (Å²) in [5.41, 5.74) is 1.58. The van der Waals surface area contributed by atoms with Gasteiger partial charge in [-0.15, -0.1) is 11.3 Å². The second-order valence-corrected chi connectivity index (χ2v) is 7.90. The zero-order valence-electron chi connectivity index (χ0n) is 13.3. The average Bonchev–Trinajstić information content (AvgIpc) is 3.34. The monoisotopic (exact) mass is 378 g/mol. The topological polar surface area (TPSA) is 41.9 Å². The van der Waals surface area contributed by atoms with E-state index in [1.807, 2.05) is 12.1 Å². The maximum atomic E-state index is 13.5. The molecule has 0 bridgehead atoms. The molecule has 130 valence electrons. The van der Waals surface area contributed by atoms with Crippen molar-refractivity contribution < 1.29 is 14.0 Å². The zero-order valence-corrected chi connectivity index (χ0v) is 14.9. The van der Waals surface area contributed by atoms with Gasteiger partial charge >= 0.3 is 0 Å². The molecule has 25 heavy (non-hydrogen) atoms. The molecule has 0 unspecified atom stereocenters. The fraction of sp³-hybridized carbons (Fsp3) is 0.333. The van der Waals surface area contributed by atoms with E-state index in [9.17, 15) is 9.18 Å². The largest absolute Gasteiger partial charge is 0.382 e. The summed E-state index contributed by atoms with van der Waals surface area (Å²) in [5.74, 6) is -0.373. The fourth-order valence-corrected chi connectivity index (χ4v) is 4.43. The molecule has 1 aromatic heterocycles. The van der Waals surface area contributed by atoms with Crippen molar-refractivity contribution in [2.24, 2.45) is 5.16 Å². The summed E-state index contributed by atoms with van der Waals surface area (Å²) in [6, 6.07) is 10.0. The van der Waals surface area contributed by atoms with E-state index in [-0.39, 0.29) is 17.8 Å². The standard InChI is InChI=1S/C18H16ClFN2O2S/c19-17-7-6-16(25-17)13-10-15(24-21-13)18(23)22-8-2-5-14(22)11-3-1-4-12(20)9-11/h1,3-4,6-7,9,14-15H,2,5,8,10H2/t14-,15-/m1/s1. The van der Waals surface area contributed by atoms with E-state index < -0.39 is 6.10 Å². The van der Waals surface area contributed by atoms with E-state index in [0.29, 0.717) is 17.3 Å². The van der Waals surface area contributed by atoms with Gasteiger partial charge in [-0.05, 0) is 42.7 Å². The molecule has 0 aliphatic carbocycles. The third kappa shape index (κ3) is 3.28. The lowest BCUT2D eigenvalue weighted by atomic mass is 10.0. The first kappa shape index (κ1) is 16.5. The van der Waals surface area contributed by atoms with Crippen LogP contribution in [0.2, 0.25) is 4.34 Å². The highest BCUT2D eigenvalue weighted by Gasteiger charge is 2.38. The minimum absolute atomic E-state index is 0.0897. The number of carbonyl (C=O) groups is 1. The van der Waals surface area contributed by atoms with Crippen LogP contribution < -0.4 is 0 Å². The van der Waals surface area contributed by atoms with Crippen molar-refractivity contribution in [2.75, 3.05) is 6.54 Å². The van der Waals surface area contributed by atoms with Crippen molar-refractivity contribution in [3.8, 4) is 0 Å². The van der Waals surface area contributed by atoms with Crippen LogP contribution in [0.25, 0.3) is 0 Å². The molecule has 4 rings (SSSR count). The SMILES string of the molecule is O=C([C@H]1CC(c2ccc(Cl)s2)=NO1)N1CCC[C@@H]1c1cccc(F)c1. The molecule has 2 aliphatic heterocycles. The number of halogens is 2. The number of hydrogen-bond acceptors (Lipinski definition) is 4. The van der Waals surface area contributed by atoms with E-state index >= 15 is 0 Å². The van der Waals surface area contributed by atoms with Gasteiger partial charge in [-0.25, -0.2) is 4.39 Å². The molecule has 2 atom stereocenters. The lowest BCUT2D eigenvalue weighted by Crippen LogP contribution is -2.38. The Labute approximate surface area is 153 Å². The number of likely N-dealkylation sites (tertiary alicyclic amines) is 1. The third-order valence-corrected chi connectivity index (χ3v) is 5.85.